The summed E-state index contributed by atoms with van der Waals surface area (Å²) in [6.45, 7) is 0.725. The van der Waals surface area contributed by atoms with Gasteiger partial charge in [-0.05, 0) is 18.6 Å². The third-order valence-corrected chi connectivity index (χ3v) is 5.16. The first-order valence-electron chi connectivity index (χ1n) is 7.66. The smallest absolute Gasteiger partial charge is 0.287 e. The second kappa shape index (κ2) is 8.86. The number of amides is 3. The van der Waals surface area contributed by atoms with Gasteiger partial charge in [-0.15, -0.1) is 0 Å². The summed E-state index contributed by atoms with van der Waals surface area (Å²) in [7, 11) is 3.63. The Hall–Kier alpha value is -2.07. The fourth-order valence-electron chi connectivity index (χ4n) is 2.20. The third kappa shape index (κ3) is 5.20. The van der Waals surface area contributed by atoms with Gasteiger partial charge in [-0.1, -0.05) is 24.0 Å². The molecule has 25 heavy (non-hydrogen) atoms. The number of hydrogen-bond acceptors (Lipinski definition) is 6. The molecule has 0 aromatic carbocycles. The Morgan fingerprint density at radius 2 is 1.96 bits per heavy atom. The van der Waals surface area contributed by atoms with Crippen LogP contribution in [0.4, 0.5) is 0 Å². The van der Waals surface area contributed by atoms with Crippen molar-refractivity contribution in [3.63, 3.8) is 0 Å². The Bertz CT molecular complexity index is 648. The van der Waals surface area contributed by atoms with Gasteiger partial charge < -0.3 is 14.6 Å². The zero-order chi connectivity index (χ0) is 18.4. The van der Waals surface area contributed by atoms with E-state index in [1.165, 1.54) is 34.1 Å². The average molecular weight is 384 g/mol. The fourth-order valence-corrected chi connectivity index (χ4v) is 3.03. The topological polar surface area (TPSA) is 86.1 Å². The van der Waals surface area contributed by atoms with Crippen LogP contribution in [0.2, 0.25) is 0 Å². The van der Waals surface area contributed by atoms with Crippen LogP contribution in [0, 0.1) is 0 Å². The van der Waals surface area contributed by atoms with Gasteiger partial charge >= 0.3 is 0 Å². The molecular formula is C15H20N4O4S2. The fraction of sp³-hybridized carbons (Fsp3) is 0.467. The van der Waals surface area contributed by atoms with Crippen molar-refractivity contribution >= 4 is 46.0 Å². The molecule has 1 fully saturated rings. The van der Waals surface area contributed by atoms with E-state index in [9.17, 15) is 14.4 Å². The number of hydrogen-bond donors (Lipinski definition) is 1. The molecule has 136 valence electrons. The Morgan fingerprint density at radius 3 is 2.56 bits per heavy atom. The van der Waals surface area contributed by atoms with Gasteiger partial charge in [0.15, 0.2) is 5.76 Å². The minimum Gasteiger partial charge on any atom is -0.459 e. The lowest BCUT2D eigenvalue weighted by Crippen LogP contribution is -2.49. The monoisotopic (exact) mass is 384 g/mol. The highest BCUT2D eigenvalue weighted by Gasteiger charge is 2.30. The third-order valence-electron chi connectivity index (χ3n) is 3.44. The van der Waals surface area contributed by atoms with Crippen LogP contribution in [0.3, 0.4) is 0 Å². The van der Waals surface area contributed by atoms with Gasteiger partial charge in [0.25, 0.3) is 17.7 Å². The SMILES string of the molecule is CN(C)C(=S)SCC(=O)N1CCCN1C(=O)CNC(=O)c1ccco1. The van der Waals surface area contributed by atoms with E-state index in [1.807, 2.05) is 14.1 Å². The van der Waals surface area contributed by atoms with E-state index >= 15 is 0 Å². The molecule has 0 spiro atoms. The summed E-state index contributed by atoms with van der Waals surface area (Å²) in [6.07, 6.45) is 2.08. The summed E-state index contributed by atoms with van der Waals surface area (Å²) in [5.74, 6) is -0.694. The second-order valence-electron chi connectivity index (χ2n) is 5.50. The molecule has 1 aliphatic heterocycles. The van der Waals surface area contributed by atoms with Crippen LogP contribution in [0.1, 0.15) is 17.0 Å². The Morgan fingerprint density at radius 1 is 1.28 bits per heavy atom. The van der Waals surface area contributed by atoms with Crippen LogP contribution in [-0.2, 0) is 9.59 Å². The van der Waals surface area contributed by atoms with Crippen LogP contribution in [-0.4, -0.2) is 76.4 Å². The van der Waals surface area contributed by atoms with Crippen molar-refractivity contribution in [2.24, 2.45) is 0 Å². The molecule has 2 heterocycles. The van der Waals surface area contributed by atoms with Crippen LogP contribution in [0.15, 0.2) is 22.8 Å². The zero-order valence-corrected chi connectivity index (χ0v) is 15.7. The van der Waals surface area contributed by atoms with Gasteiger partial charge in [-0.2, -0.15) is 0 Å². The minimum absolute atomic E-state index is 0.135. The maximum Gasteiger partial charge on any atom is 0.287 e. The Labute approximate surface area is 155 Å². The minimum atomic E-state index is -0.470. The molecule has 0 unspecified atom stereocenters. The molecule has 1 aromatic rings. The predicted octanol–water partition coefficient (Wildman–Crippen LogP) is 0.565. The standard InChI is InChI=1S/C15H20N4O4S2/c1-17(2)15(24)25-10-13(21)19-7-4-6-18(19)12(20)9-16-14(22)11-5-3-8-23-11/h3,5,8H,4,6-7,9-10H2,1-2H3,(H,16,22). The van der Waals surface area contributed by atoms with Gasteiger partial charge in [-0.3, -0.25) is 19.4 Å². The van der Waals surface area contributed by atoms with Crippen LogP contribution < -0.4 is 5.32 Å². The number of carbonyl (C=O) groups is 3. The summed E-state index contributed by atoms with van der Waals surface area (Å²) in [5, 5.41) is 5.29. The van der Waals surface area contributed by atoms with Crippen molar-refractivity contribution in [1.29, 1.82) is 0 Å². The maximum atomic E-state index is 12.3. The first-order valence-corrected chi connectivity index (χ1v) is 9.06. The lowest BCUT2D eigenvalue weighted by molar-refractivity contribution is -0.155. The Kier molecular flexibility index (Phi) is 6.82. The quantitative estimate of drug-likeness (QED) is 0.743. The number of nitrogens with zero attached hydrogens (tertiary/aromatic N) is 3. The molecule has 0 saturated carbocycles. The highest BCUT2D eigenvalue weighted by Crippen LogP contribution is 2.15. The van der Waals surface area contributed by atoms with Gasteiger partial charge in [0, 0.05) is 27.2 Å². The molecule has 1 N–H and O–H groups in total. The molecule has 1 aliphatic rings. The van der Waals surface area contributed by atoms with Crippen molar-refractivity contribution in [2.45, 2.75) is 6.42 Å². The summed E-state index contributed by atoms with van der Waals surface area (Å²) in [4.78, 5) is 38.2. The van der Waals surface area contributed by atoms with Crippen LogP contribution >= 0.6 is 24.0 Å². The Balaban J connectivity index is 1.85. The normalized spacial score (nSPS) is 13.7. The average Bonchev–Trinajstić information content (AvgIpc) is 3.27. The van der Waals surface area contributed by atoms with E-state index in [-0.39, 0.29) is 29.9 Å². The number of thiocarbonyl (C=S) groups is 1. The van der Waals surface area contributed by atoms with Gasteiger partial charge in [-0.25, -0.2) is 5.01 Å². The number of thioether (sulfide) groups is 1. The highest BCUT2D eigenvalue weighted by molar-refractivity contribution is 8.23. The van der Waals surface area contributed by atoms with Crippen LogP contribution in [0.25, 0.3) is 0 Å². The molecule has 0 bridgehead atoms. The van der Waals surface area contributed by atoms with Gasteiger partial charge in [0.2, 0.25) is 0 Å². The number of nitrogens with one attached hydrogen (secondary N) is 1. The first kappa shape index (κ1) is 19.3. The van der Waals surface area contributed by atoms with E-state index < -0.39 is 5.91 Å². The number of rotatable bonds is 5. The van der Waals surface area contributed by atoms with Crippen LogP contribution in [0.5, 0.6) is 0 Å². The second-order valence-corrected chi connectivity index (χ2v) is 7.11. The number of furan rings is 1. The molecular weight excluding hydrogens is 364 g/mol. The largest absolute Gasteiger partial charge is 0.459 e. The lowest BCUT2D eigenvalue weighted by Gasteiger charge is -2.28. The predicted molar refractivity (Wildman–Crippen MR) is 97.8 cm³/mol. The van der Waals surface area contributed by atoms with E-state index in [2.05, 4.69) is 5.32 Å². The van der Waals surface area contributed by atoms with Gasteiger partial charge in [0.05, 0.1) is 18.6 Å². The van der Waals surface area contributed by atoms with Crippen molar-refractivity contribution in [3.05, 3.63) is 24.2 Å². The molecule has 8 nitrogen and oxygen atoms in total. The molecule has 1 aromatic heterocycles. The van der Waals surface area contributed by atoms with Gasteiger partial charge in [0.1, 0.15) is 4.32 Å². The summed E-state index contributed by atoms with van der Waals surface area (Å²) < 4.78 is 5.57. The van der Waals surface area contributed by atoms with E-state index in [4.69, 9.17) is 16.6 Å². The number of hydrazine groups is 1. The molecule has 10 heteroatoms. The molecule has 0 radical (unpaired) electrons. The van der Waals surface area contributed by atoms with E-state index in [0.717, 1.165) is 0 Å². The van der Waals surface area contributed by atoms with Crippen molar-refractivity contribution in [2.75, 3.05) is 39.5 Å². The molecule has 0 aliphatic carbocycles. The van der Waals surface area contributed by atoms with Crippen molar-refractivity contribution < 1.29 is 18.8 Å². The van der Waals surface area contributed by atoms with Crippen molar-refractivity contribution in [3.8, 4) is 0 Å². The summed E-state index contributed by atoms with van der Waals surface area (Å²) in [6, 6.07) is 3.10. The molecule has 2 rings (SSSR count). The first-order chi connectivity index (χ1) is 11.9. The molecule has 0 atom stereocenters. The highest BCUT2D eigenvalue weighted by atomic mass is 32.2. The molecule has 3 amide bonds. The number of carbonyl (C=O) groups excluding carboxylic acids is 3. The maximum absolute atomic E-state index is 12.3. The molecule has 1 saturated heterocycles. The lowest BCUT2D eigenvalue weighted by atomic mass is 10.4. The summed E-state index contributed by atoms with van der Waals surface area (Å²) in [5.41, 5.74) is 0. The van der Waals surface area contributed by atoms with E-state index in [1.54, 1.807) is 11.0 Å². The van der Waals surface area contributed by atoms with E-state index in [0.29, 0.717) is 23.8 Å². The van der Waals surface area contributed by atoms with Crippen molar-refractivity contribution in [1.82, 2.24) is 20.2 Å². The zero-order valence-electron chi connectivity index (χ0n) is 14.1. The summed E-state index contributed by atoms with van der Waals surface area (Å²) >= 11 is 6.40.